The second-order valence-electron chi connectivity index (χ2n) is 19.1. The zero-order valence-electron chi connectivity index (χ0n) is 40.5. The molecule has 0 heterocycles. The van der Waals surface area contributed by atoms with Gasteiger partial charge in [0.05, 0.1) is 5.69 Å². The number of anilines is 5. The molecule has 0 bridgehead atoms. The van der Waals surface area contributed by atoms with Crippen LogP contribution >= 0.6 is 0 Å². The SMILES string of the molecule is Cc1ccc(N(C/C=C\C=c2/c3c(C)cccc3c3c(-c4ccccc4)c4c5ccc(N(c6ccc(C)cc6)c6ccc(C)cc6)c6cccc(c4c(-c4ccccc4)c23)c65)c2ccc(C)cc2)cc1. The van der Waals surface area contributed by atoms with E-state index in [1.54, 1.807) is 0 Å². The van der Waals surface area contributed by atoms with Crippen LogP contribution in [0.4, 0.5) is 28.4 Å². The fourth-order valence-electron chi connectivity index (χ4n) is 11.1. The van der Waals surface area contributed by atoms with Gasteiger partial charge in [0.15, 0.2) is 0 Å². The van der Waals surface area contributed by atoms with Crippen LogP contribution in [0.5, 0.6) is 0 Å². The number of nitrogens with zero attached hydrogens (tertiary/aromatic N) is 2. The van der Waals surface area contributed by atoms with Crippen molar-refractivity contribution in [3.8, 4) is 22.3 Å². The summed E-state index contributed by atoms with van der Waals surface area (Å²) < 4.78 is 0. The molecule has 0 atom stereocenters. The lowest BCUT2D eigenvalue weighted by Crippen LogP contribution is -2.16. The van der Waals surface area contributed by atoms with Crippen LogP contribution in [-0.2, 0) is 0 Å². The summed E-state index contributed by atoms with van der Waals surface area (Å²) in [5, 5.41) is 14.1. The topological polar surface area (TPSA) is 6.48 Å². The van der Waals surface area contributed by atoms with Crippen molar-refractivity contribution in [1.82, 2.24) is 0 Å². The zero-order valence-corrected chi connectivity index (χ0v) is 40.5. The van der Waals surface area contributed by atoms with E-state index in [1.165, 1.54) is 121 Å². The number of hydrogen-bond donors (Lipinski definition) is 0. The zero-order chi connectivity index (χ0) is 47.5. The molecular weight excluding hydrogens is 845 g/mol. The minimum Gasteiger partial charge on any atom is -0.338 e. The molecule has 0 unspecified atom stereocenters. The van der Waals surface area contributed by atoms with Crippen molar-refractivity contribution in [2.24, 2.45) is 0 Å². The third-order valence-corrected chi connectivity index (χ3v) is 14.5. The van der Waals surface area contributed by atoms with Crippen molar-refractivity contribution in [2.45, 2.75) is 34.6 Å². The summed E-state index contributed by atoms with van der Waals surface area (Å²) >= 11 is 0. The minimum atomic E-state index is 0.718. The molecule has 0 fully saturated rings. The molecule has 0 aliphatic rings. The Bertz CT molecular complexity index is 3870. The fraction of sp³-hybridized carbons (Fsp3) is 0.0882. The van der Waals surface area contributed by atoms with Gasteiger partial charge in [-0.3, -0.25) is 0 Å². The Balaban J connectivity index is 1.18. The average Bonchev–Trinajstić information content (AvgIpc) is 3.90. The van der Waals surface area contributed by atoms with Gasteiger partial charge in [-0.25, -0.2) is 0 Å². The summed E-state index contributed by atoms with van der Waals surface area (Å²) in [6.07, 6.45) is 7.02. The van der Waals surface area contributed by atoms with Crippen LogP contribution in [-0.4, -0.2) is 6.54 Å². The van der Waals surface area contributed by atoms with Crippen molar-refractivity contribution in [1.29, 1.82) is 0 Å². The van der Waals surface area contributed by atoms with Crippen LogP contribution in [0.25, 0.3) is 82.2 Å². The number of fused-ring (bicyclic) bond motifs is 6. The summed E-state index contributed by atoms with van der Waals surface area (Å²) in [7, 11) is 0. The predicted molar refractivity (Wildman–Crippen MR) is 303 cm³/mol. The third kappa shape index (κ3) is 7.27. The summed E-state index contributed by atoms with van der Waals surface area (Å²) in [5.41, 5.74) is 17.0. The summed E-state index contributed by atoms with van der Waals surface area (Å²) in [4.78, 5) is 4.84. The average molecular weight is 899 g/mol. The molecular formula is C68H54N2. The van der Waals surface area contributed by atoms with Crippen LogP contribution in [0.15, 0.2) is 218 Å². The van der Waals surface area contributed by atoms with Gasteiger partial charge >= 0.3 is 0 Å². The molecule has 0 radical (unpaired) electrons. The maximum Gasteiger partial charge on any atom is 0.0540 e. The molecule has 0 aromatic heterocycles. The molecule has 0 N–H and O–H groups in total. The van der Waals surface area contributed by atoms with E-state index >= 15 is 0 Å². The second-order valence-corrected chi connectivity index (χ2v) is 19.1. The first-order valence-electron chi connectivity index (χ1n) is 24.6. The molecule has 12 aromatic carbocycles. The number of aryl methyl sites for hydroxylation is 5. The number of hydrogen-bond acceptors (Lipinski definition) is 2. The lowest BCUT2D eigenvalue weighted by molar-refractivity contribution is 1.09. The number of benzene rings is 10. The summed E-state index contributed by atoms with van der Waals surface area (Å²) in [6, 6.07) is 76.6. The Labute approximate surface area is 411 Å². The van der Waals surface area contributed by atoms with E-state index in [2.05, 4.69) is 269 Å². The first-order chi connectivity index (χ1) is 34.3. The minimum absolute atomic E-state index is 0.718. The molecule has 0 aliphatic heterocycles. The standard InChI is InChI=1S/C68H54N2/c1-44-25-33-51(34-26-44)69(52-35-27-45(2)28-36-52)43-13-12-21-56-61-48(5)16-14-23-57(61)66-63(50-19-10-7-11-20-50)68-59-41-42-60(70(53-37-29-46(3)30-38-53)54-39-31-47(4)32-40-54)55-22-15-24-58(64(55)59)67(68)62(65(56)66)49-17-8-6-9-18-49/h6-42H,43H2,1-5H3/b13-12-,56-21+. The molecule has 70 heavy (non-hydrogen) atoms. The monoisotopic (exact) mass is 898 g/mol. The number of rotatable bonds is 10. The maximum atomic E-state index is 2.44. The highest BCUT2D eigenvalue weighted by atomic mass is 15.1. The summed E-state index contributed by atoms with van der Waals surface area (Å²) in [5.74, 6) is 0. The first kappa shape index (κ1) is 42.9. The maximum absolute atomic E-state index is 2.44. The number of allylic oxidation sites excluding steroid dienone is 1. The van der Waals surface area contributed by atoms with E-state index < -0.39 is 0 Å². The van der Waals surface area contributed by atoms with Gasteiger partial charge in [-0.15, -0.1) is 0 Å². The normalized spacial score (nSPS) is 12.2. The van der Waals surface area contributed by atoms with E-state index in [-0.39, 0.29) is 0 Å². The largest absolute Gasteiger partial charge is 0.338 e. The van der Waals surface area contributed by atoms with Gasteiger partial charge in [0, 0.05) is 34.7 Å². The van der Waals surface area contributed by atoms with Gasteiger partial charge in [0.25, 0.3) is 0 Å². The lowest BCUT2D eigenvalue weighted by Gasteiger charge is -2.27. The first-order valence-corrected chi connectivity index (χ1v) is 24.6. The van der Waals surface area contributed by atoms with Gasteiger partial charge in [-0.1, -0.05) is 192 Å². The van der Waals surface area contributed by atoms with E-state index in [1.807, 2.05) is 0 Å². The Morgan fingerprint density at radius 2 is 0.771 bits per heavy atom. The predicted octanol–water partition coefficient (Wildman–Crippen LogP) is 18.1. The smallest absolute Gasteiger partial charge is 0.0540 e. The molecule has 336 valence electrons. The molecule has 12 rings (SSSR count). The summed E-state index contributed by atoms with van der Waals surface area (Å²) in [6.45, 7) is 11.6. The quantitative estimate of drug-likeness (QED) is 0.135. The van der Waals surface area contributed by atoms with E-state index in [4.69, 9.17) is 0 Å². The lowest BCUT2D eigenvalue weighted by atomic mass is 9.87. The Kier molecular flexibility index (Phi) is 10.8. The molecule has 0 spiro atoms. The van der Waals surface area contributed by atoms with E-state index in [0.29, 0.717) is 0 Å². The van der Waals surface area contributed by atoms with Gasteiger partial charge in [0.1, 0.15) is 0 Å². The van der Waals surface area contributed by atoms with Crippen LogP contribution in [0.1, 0.15) is 27.8 Å². The van der Waals surface area contributed by atoms with E-state index in [9.17, 15) is 0 Å². The Morgan fingerprint density at radius 3 is 1.30 bits per heavy atom. The van der Waals surface area contributed by atoms with E-state index in [0.717, 1.165) is 23.6 Å². The van der Waals surface area contributed by atoms with Crippen LogP contribution in [0.2, 0.25) is 0 Å². The van der Waals surface area contributed by atoms with Crippen molar-refractivity contribution >= 4 is 88.4 Å². The molecule has 12 aromatic rings. The van der Waals surface area contributed by atoms with Crippen molar-refractivity contribution in [3.63, 3.8) is 0 Å². The molecule has 0 amide bonds. The Morgan fingerprint density at radius 1 is 0.343 bits per heavy atom. The second kappa shape index (κ2) is 17.6. The van der Waals surface area contributed by atoms with Crippen LogP contribution < -0.4 is 15.0 Å². The van der Waals surface area contributed by atoms with Gasteiger partial charge in [-0.05, 0) is 171 Å². The fourth-order valence-corrected chi connectivity index (χ4v) is 11.1. The van der Waals surface area contributed by atoms with Crippen molar-refractivity contribution < 1.29 is 0 Å². The molecule has 0 aliphatic carbocycles. The highest BCUT2D eigenvalue weighted by Gasteiger charge is 2.28. The van der Waals surface area contributed by atoms with Gasteiger partial charge in [0.2, 0.25) is 0 Å². The highest BCUT2D eigenvalue weighted by molar-refractivity contribution is 6.43. The van der Waals surface area contributed by atoms with Gasteiger partial charge < -0.3 is 9.80 Å². The van der Waals surface area contributed by atoms with Crippen LogP contribution in [0, 0.1) is 34.6 Å². The Hall–Kier alpha value is -8.46. The molecule has 2 nitrogen and oxygen atoms in total. The van der Waals surface area contributed by atoms with Crippen molar-refractivity contribution in [3.05, 3.63) is 251 Å². The molecule has 0 saturated carbocycles. The third-order valence-electron chi connectivity index (χ3n) is 14.5. The van der Waals surface area contributed by atoms with Crippen LogP contribution in [0.3, 0.4) is 0 Å². The molecule has 0 saturated heterocycles. The van der Waals surface area contributed by atoms with Gasteiger partial charge in [-0.2, -0.15) is 0 Å². The van der Waals surface area contributed by atoms with Crippen molar-refractivity contribution in [2.75, 3.05) is 16.3 Å². The highest BCUT2D eigenvalue weighted by Crippen LogP contribution is 2.54. The molecule has 2 heteroatoms.